The fourth-order valence-corrected chi connectivity index (χ4v) is 2.67. The van der Waals surface area contributed by atoms with Crippen molar-refractivity contribution in [3.05, 3.63) is 40.1 Å². The summed E-state index contributed by atoms with van der Waals surface area (Å²) in [5, 5.41) is 2.15. The van der Waals surface area contributed by atoms with Crippen molar-refractivity contribution < 1.29 is 9.21 Å². The third-order valence-corrected chi connectivity index (χ3v) is 3.95. The molecule has 0 unspecified atom stereocenters. The Morgan fingerprint density at radius 2 is 2.05 bits per heavy atom. The smallest absolute Gasteiger partial charge is 0.185 e. The number of hydrogen-bond donors (Lipinski definition) is 1. The normalized spacial score (nSPS) is 11.1. The van der Waals surface area contributed by atoms with Gasteiger partial charge in [-0.2, -0.15) is 0 Å². The van der Waals surface area contributed by atoms with E-state index in [1.165, 1.54) is 11.8 Å². The van der Waals surface area contributed by atoms with Gasteiger partial charge in [0.1, 0.15) is 0 Å². The number of carbonyl (C=O) groups excluding carboxylic acids is 1. The first-order valence-electron chi connectivity index (χ1n) is 5.23. The molecule has 0 saturated heterocycles. The number of imidazole rings is 1. The number of aromatic nitrogens is 2. The number of hydrogen-bond acceptors (Lipinski definition) is 4. The first-order valence-corrected chi connectivity index (χ1v) is 6.80. The van der Waals surface area contributed by atoms with Crippen LogP contribution in [0.1, 0.15) is 10.6 Å². The lowest BCUT2D eigenvalue weighted by Crippen LogP contribution is -1.72. The molecule has 3 aromatic rings. The lowest BCUT2D eigenvalue weighted by atomic mass is 10.3. The van der Waals surface area contributed by atoms with Gasteiger partial charge in [-0.3, -0.25) is 4.79 Å². The van der Waals surface area contributed by atoms with Crippen molar-refractivity contribution in [3.63, 3.8) is 0 Å². The topological polar surface area (TPSA) is 58.9 Å². The van der Waals surface area contributed by atoms with E-state index < -0.39 is 0 Å². The molecule has 0 aliphatic heterocycles. The van der Waals surface area contributed by atoms with Crippen molar-refractivity contribution in [3.8, 4) is 0 Å². The number of carbonyl (C=O) groups is 1. The van der Waals surface area contributed by atoms with Crippen molar-refractivity contribution in [1.82, 2.24) is 9.97 Å². The highest BCUT2D eigenvalue weighted by Crippen LogP contribution is 2.31. The van der Waals surface area contributed by atoms with E-state index in [4.69, 9.17) is 27.6 Å². The maximum atomic E-state index is 10.5. The van der Waals surface area contributed by atoms with E-state index in [1.54, 1.807) is 24.3 Å². The van der Waals surface area contributed by atoms with Gasteiger partial charge in [0.05, 0.1) is 21.1 Å². The molecule has 0 aliphatic carbocycles. The van der Waals surface area contributed by atoms with Gasteiger partial charge >= 0.3 is 0 Å². The Labute approximate surface area is 122 Å². The number of benzene rings is 1. The number of fused-ring (bicyclic) bond motifs is 1. The highest BCUT2D eigenvalue weighted by Gasteiger charge is 2.10. The van der Waals surface area contributed by atoms with Gasteiger partial charge in [-0.25, -0.2) is 4.98 Å². The Bertz CT molecular complexity index is 727. The number of aldehydes is 1. The zero-order valence-corrected chi connectivity index (χ0v) is 11.6. The molecule has 0 bridgehead atoms. The van der Waals surface area contributed by atoms with Crippen LogP contribution in [0, 0.1) is 0 Å². The third kappa shape index (κ3) is 2.49. The molecule has 2 heterocycles. The van der Waals surface area contributed by atoms with Crippen molar-refractivity contribution in [1.29, 1.82) is 0 Å². The predicted molar refractivity (Wildman–Crippen MR) is 74.3 cm³/mol. The molecule has 0 radical (unpaired) electrons. The maximum Gasteiger partial charge on any atom is 0.185 e. The lowest BCUT2D eigenvalue weighted by molar-refractivity contribution is 0.109. The Hall–Kier alpha value is -1.43. The molecule has 0 saturated carbocycles. The number of aromatic amines is 1. The minimum absolute atomic E-state index is 0.282. The molecule has 0 fully saturated rings. The monoisotopic (exact) mass is 312 g/mol. The lowest BCUT2D eigenvalue weighted by Gasteiger charge is -1.93. The number of furan rings is 1. The van der Waals surface area contributed by atoms with Crippen LogP contribution in [0.4, 0.5) is 0 Å². The number of nitrogens with zero attached hydrogens (tertiary/aromatic N) is 1. The van der Waals surface area contributed by atoms with Gasteiger partial charge in [0.15, 0.2) is 22.3 Å². The summed E-state index contributed by atoms with van der Waals surface area (Å²) in [4.78, 5) is 18.0. The van der Waals surface area contributed by atoms with E-state index in [0.717, 1.165) is 11.0 Å². The molecule has 4 nitrogen and oxygen atoms in total. The summed E-state index contributed by atoms with van der Waals surface area (Å²) in [5.41, 5.74) is 1.51. The molecular weight excluding hydrogens is 307 g/mol. The molecular formula is C12H6Cl2N2O2S. The van der Waals surface area contributed by atoms with Gasteiger partial charge in [-0.05, 0) is 36.0 Å². The second-order valence-electron chi connectivity index (χ2n) is 3.70. The second kappa shape index (κ2) is 4.92. The number of rotatable bonds is 3. The van der Waals surface area contributed by atoms with E-state index in [0.29, 0.717) is 26.6 Å². The first-order chi connectivity index (χ1) is 9.15. The van der Waals surface area contributed by atoms with Gasteiger partial charge in [-0.1, -0.05) is 23.2 Å². The first kappa shape index (κ1) is 12.6. The molecule has 7 heteroatoms. The molecule has 19 heavy (non-hydrogen) atoms. The fourth-order valence-electron chi connectivity index (χ4n) is 1.58. The van der Waals surface area contributed by atoms with Crippen LogP contribution in [-0.2, 0) is 0 Å². The predicted octanol–water partition coefficient (Wildman–Crippen LogP) is 4.43. The zero-order chi connectivity index (χ0) is 13.4. The molecule has 96 valence electrons. The summed E-state index contributed by atoms with van der Waals surface area (Å²) in [7, 11) is 0. The summed E-state index contributed by atoms with van der Waals surface area (Å²) >= 11 is 13.1. The van der Waals surface area contributed by atoms with Crippen LogP contribution in [0.25, 0.3) is 11.0 Å². The Morgan fingerprint density at radius 1 is 1.26 bits per heavy atom. The Morgan fingerprint density at radius 3 is 2.79 bits per heavy atom. The fraction of sp³-hybridized carbons (Fsp3) is 0. The van der Waals surface area contributed by atoms with Crippen LogP contribution in [0.3, 0.4) is 0 Å². The molecule has 0 spiro atoms. The van der Waals surface area contributed by atoms with Crippen LogP contribution in [0.2, 0.25) is 10.0 Å². The summed E-state index contributed by atoms with van der Waals surface area (Å²) in [6, 6.07) is 6.72. The summed E-state index contributed by atoms with van der Waals surface area (Å²) in [5.74, 6) is 0.282. The standard InChI is InChI=1S/C12H6Cl2N2O2S/c13-7-3-9-10(4-8(7)14)16-12(15-9)19-11-2-1-6(5-17)18-11/h1-5H,(H,15,16). The molecule has 3 rings (SSSR count). The molecule has 1 aromatic carbocycles. The summed E-state index contributed by atoms with van der Waals surface area (Å²) < 4.78 is 5.26. The molecule has 2 aromatic heterocycles. The summed E-state index contributed by atoms with van der Waals surface area (Å²) in [6.45, 7) is 0. The van der Waals surface area contributed by atoms with Gasteiger partial charge in [-0.15, -0.1) is 0 Å². The van der Waals surface area contributed by atoms with Crippen LogP contribution in [-0.4, -0.2) is 16.3 Å². The third-order valence-electron chi connectivity index (χ3n) is 2.42. The van der Waals surface area contributed by atoms with E-state index >= 15 is 0 Å². The Balaban J connectivity index is 1.94. The largest absolute Gasteiger partial charge is 0.447 e. The zero-order valence-electron chi connectivity index (χ0n) is 9.31. The van der Waals surface area contributed by atoms with Gasteiger partial charge in [0.2, 0.25) is 0 Å². The van der Waals surface area contributed by atoms with E-state index in [-0.39, 0.29) is 5.76 Å². The van der Waals surface area contributed by atoms with Gasteiger partial charge < -0.3 is 9.40 Å². The van der Waals surface area contributed by atoms with Crippen LogP contribution in [0.5, 0.6) is 0 Å². The average Bonchev–Trinajstić information content (AvgIpc) is 2.97. The van der Waals surface area contributed by atoms with Crippen molar-refractivity contribution in [2.24, 2.45) is 0 Å². The molecule has 0 atom stereocenters. The SMILES string of the molecule is O=Cc1ccc(Sc2nc3cc(Cl)c(Cl)cc3[nH]2)o1. The van der Waals surface area contributed by atoms with E-state index in [2.05, 4.69) is 9.97 Å². The molecule has 0 amide bonds. The van der Waals surface area contributed by atoms with E-state index in [1.807, 2.05) is 0 Å². The van der Waals surface area contributed by atoms with Gasteiger partial charge in [0.25, 0.3) is 0 Å². The summed E-state index contributed by atoms with van der Waals surface area (Å²) in [6.07, 6.45) is 0.655. The highest BCUT2D eigenvalue weighted by atomic mass is 35.5. The maximum absolute atomic E-state index is 10.5. The number of nitrogens with one attached hydrogen (secondary N) is 1. The average molecular weight is 313 g/mol. The van der Waals surface area contributed by atoms with Crippen molar-refractivity contribution >= 4 is 52.3 Å². The second-order valence-corrected chi connectivity index (χ2v) is 5.51. The minimum atomic E-state index is 0.282. The van der Waals surface area contributed by atoms with Crippen LogP contribution in [0.15, 0.2) is 38.9 Å². The number of halogens is 2. The van der Waals surface area contributed by atoms with Crippen LogP contribution >= 0.6 is 35.0 Å². The Kier molecular flexibility index (Phi) is 3.26. The van der Waals surface area contributed by atoms with E-state index in [9.17, 15) is 4.79 Å². The number of H-pyrrole nitrogens is 1. The molecule has 0 aliphatic rings. The van der Waals surface area contributed by atoms with Gasteiger partial charge in [0, 0.05) is 0 Å². The molecule has 1 N–H and O–H groups in total. The highest BCUT2D eigenvalue weighted by molar-refractivity contribution is 7.99. The van der Waals surface area contributed by atoms with Crippen LogP contribution < -0.4 is 0 Å². The van der Waals surface area contributed by atoms with Crippen molar-refractivity contribution in [2.75, 3.05) is 0 Å². The quantitative estimate of drug-likeness (QED) is 0.727. The van der Waals surface area contributed by atoms with Crippen molar-refractivity contribution in [2.45, 2.75) is 10.2 Å². The minimum Gasteiger partial charge on any atom is -0.447 e.